The number of carbonyl (C=O) groups excluding carboxylic acids is 10. The van der Waals surface area contributed by atoms with Crippen LogP contribution in [-0.2, 0) is 38.4 Å². The summed E-state index contributed by atoms with van der Waals surface area (Å²) >= 11 is 0. The standard InChI is InChI=1S/C14H28N2O.C14H30N2.C13H22N2O3.C13H24N2O2.2C13H26N2O.C13H27N.C12H22N2O2.C12H26N2/c1-13(2,3)10-15-7-8-16(12(17)9-15)11-14(4,5)6;1-13(2,3)15-7-10-16(11-8-15,12-9-15)14(4,5)6;1-12(2,3)11(18)14-7-9(16)15(10(17)8-14)13(4,5)6;1-12(2,3)8-14-7-10(16)15(11(14)17)9-13(4,5)6;1-12(2,3)8-14-7-11(16)15(10-14)9-13(4,5)6;1-12(2,3)9-14-7-8-15(11(14)16)10-13(4,5)6;1-12(2,3)11-7-9-14(10-8-11)13(4,5)6;1-11(2,3)13-7-9(15)14(10(16)8-13)12(4,5)6;1-11(2,3)13-7-9-14(10-8-13)12(4,5)6/h7-11H2,1-6H3;7-12H2,1-6H3;7-8H2,1-6H3;7-9H2,1-6H3;2*7-10H2,1-6H3;11H,7-10H2,1-6H3;7-8H2,1-6H3;7-10H2,1-6H3/q;+2;;;;;;;. The van der Waals surface area contributed by atoms with Gasteiger partial charge in [-0.3, -0.25) is 82.5 Å². The van der Waals surface area contributed by atoms with Gasteiger partial charge in [-0.1, -0.05) is 208 Å². The van der Waals surface area contributed by atoms with Crippen LogP contribution in [0.15, 0.2) is 0 Å². The first-order chi connectivity index (χ1) is 63.7. The molecule has 11 saturated heterocycles. The van der Waals surface area contributed by atoms with Gasteiger partial charge in [0.15, 0.2) is 0 Å². The first-order valence-corrected chi connectivity index (χ1v) is 55.1. The molecule has 0 radical (unpaired) electrons. The molecule has 0 aromatic heterocycles. The summed E-state index contributed by atoms with van der Waals surface area (Å²) in [6.07, 6.45) is 2.75. The summed E-state index contributed by atoms with van der Waals surface area (Å²) in [5, 5.41) is 0. The number of imide groups is 3. The number of urea groups is 2. The quantitative estimate of drug-likeness (QED) is 0.125. The summed E-state index contributed by atoms with van der Waals surface area (Å²) in [4.78, 5) is 149. The molecule has 2 bridgehead atoms. The molecule has 0 N–H and O–H groups in total. The van der Waals surface area contributed by atoms with E-state index in [0.29, 0.717) is 72.4 Å². The molecule has 0 spiro atoms. The zero-order valence-electron chi connectivity index (χ0n) is 104. The normalized spacial score (nSPS) is 22.2. The highest BCUT2D eigenvalue weighted by atomic mass is 16.2. The van der Waals surface area contributed by atoms with Crippen molar-refractivity contribution in [2.24, 2.45) is 60.1 Å². The average molecular weight is 2040 g/mol. The summed E-state index contributed by atoms with van der Waals surface area (Å²) in [6.45, 7) is 145. The predicted octanol–water partition coefficient (Wildman–Crippen LogP) is 19.8. The van der Waals surface area contributed by atoms with Gasteiger partial charge in [0.2, 0.25) is 47.3 Å². The molecule has 11 fully saturated rings. The minimum Gasteiger partial charge on any atom is -0.340 e. The average Bonchev–Trinajstić information content (AvgIpc) is 0.735. The second-order valence-electron chi connectivity index (χ2n) is 63.6. The molecule has 0 aromatic rings. The molecular formula is C117H231N17O10+2. The van der Waals surface area contributed by atoms with E-state index < -0.39 is 16.5 Å². The highest BCUT2D eigenvalue weighted by Gasteiger charge is 2.58. The predicted molar refractivity (Wildman–Crippen MR) is 600 cm³/mol. The fourth-order valence-corrected chi connectivity index (χ4v) is 20.7. The molecule has 144 heavy (non-hydrogen) atoms. The Balaban J connectivity index is 0.000000548. The molecule has 0 atom stereocenters. The fraction of sp³-hybridized carbons (Fsp3) is 0.915. The zero-order valence-corrected chi connectivity index (χ0v) is 104. The third-order valence-corrected chi connectivity index (χ3v) is 28.2. The maximum absolute atomic E-state index is 12.1. The van der Waals surface area contributed by atoms with E-state index in [1.165, 1.54) is 120 Å². The molecule has 27 nitrogen and oxygen atoms in total. The van der Waals surface area contributed by atoms with Crippen molar-refractivity contribution in [2.45, 2.75) is 431 Å². The Labute approximate surface area is 885 Å². The van der Waals surface area contributed by atoms with Crippen molar-refractivity contribution < 1.29 is 56.9 Å². The lowest BCUT2D eigenvalue weighted by molar-refractivity contribution is -1.12. The second-order valence-corrected chi connectivity index (χ2v) is 63.6. The number of hydrogen-bond donors (Lipinski definition) is 0. The first-order valence-electron chi connectivity index (χ1n) is 55.1. The van der Waals surface area contributed by atoms with E-state index in [9.17, 15) is 47.9 Å². The molecule has 12 amide bonds. The molecule has 0 aliphatic carbocycles. The van der Waals surface area contributed by atoms with Crippen LogP contribution in [-0.4, -0.2) is 396 Å². The summed E-state index contributed by atoms with van der Waals surface area (Å²) in [5.41, 5.74) is 2.00. The highest BCUT2D eigenvalue weighted by molar-refractivity contribution is 6.04. The largest absolute Gasteiger partial charge is 0.340 e. The van der Waals surface area contributed by atoms with E-state index in [1.54, 1.807) is 25.7 Å². The smallest absolute Gasteiger partial charge is 0.327 e. The van der Waals surface area contributed by atoms with Crippen molar-refractivity contribution in [3.8, 4) is 0 Å². The van der Waals surface area contributed by atoms with Crippen LogP contribution in [0.4, 0.5) is 9.59 Å². The van der Waals surface area contributed by atoms with Crippen LogP contribution in [0, 0.1) is 60.1 Å². The number of fused-ring (bicyclic) bond motifs is 3. The number of piperazine rings is 7. The second kappa shape index (κ2) is 50.0. The van der Waals surface area contributed by atoms with Gasteiger partial charge in [-0.25, -0.2) is 9.59 Å². The maximum Gasteiger partial charge on any atom is 0.327 e. The summed E-state index contributed by atoms with van der Waals surface area (Å²) in [6, 6.07) is 0.0738. The van der Waals surface area contributed by atoms with Crippen molar-refractivity contribution in [2.75, 3.05) is 210 Å². The molecule has 11 heterocycles. The lowest BCUT2D eigenvalue weighted by atomic mass is 9.75. The molecule has 842 valence electrons. The van der Waals surface area contributed by atoms with Crippen molar-refractivity contribution in [3.05, 3.63) is 0 Å². The summed E-state index contributed by atoms with van der Waals surface area (Å²) < 4.78 is 2.73. The van der Waals surface area contributed by atoms with Crippen molar-refractivity contribution >= 4 is 59.3 Å². The Hall–Kier alpha value is -5.42. The van der Waals surface area contributed by atoms with Gasteiger partial charge in [0.25, 0.3) is 0 Å². The molecule has 27 heteroatoms. The van der Waals surface area contributed by atoms with Gasteiger partial charge in [0.1, 0.15) is 58.9 Å². The number of quaternary nitrogens is 2. The maximum atomic E-state index is 12.1. The van der Waals surface area contributed by atoms with E-state index in [2.05, 4.69) is 295 Å². The molecular weight excluding hydrogens is 1800 g/mol. The van der Waals surface area contributed by atoms with E-state index in [4.69, 9.17) is 0 Å². The first kappa shape index (κ1) is 135. The number of piperidine rings is 1. The van der Waals surface area contributed by atoms with E-state index >= 15 is 0 Å². The number of likely N-dealkylation sites (tertiary alicyclic amines) is 1. The number of rotatable bonds is 8. The molecule has 0 unspecified atom stereocenters. The Morgan fingerprint density at radius 2 is 0.514 bits per heavy atom. The third kappa shape index (κ3) is 46.8. The molecule has 11 rings (SSSR count). The van der Waals surface area contributed by atoms with Crippen LogP contribution < -0.4 is 0 Å². The van der Waals surface area contributed by atoms with Crippen molar-refractivity contribution in [1.82, 2.24) is 73.5 Å². The van der Waals surface area contributed by atoms with Gasteiger partial charge in [0, 0.05) is 143 Å². The van der Waals surface area contributed by atoms with Crippen molar-refractivity contribution in [1.29, 1.82) is 0 Å². The Bertz CT molecular complexity index is 3880. The minimum absolute atomic E-state index is 0.0148. The Morgan fingerprint density at radius 3 is 0.799 bits per heavy atom. The Kier molecular flexibility index (Phi) is 46.7. The van der Waals surface area contributed by atoms with E-state index in [0.717, 1.165) is 78.0 Å². The van der Waals surface area contributed by atoms with Crippen LogP contribution in [0.5, 0.6) is 0 Å². The van der Waals surface area contributed by atoms with Crippen LogP contribution in [0.2, 0.25) is 0 Å². The summed E-state index contributed by atoms with van der Waals surface area (Å²) in [5.74, 6) is 0.424. The number of nitrogens with zero attached hydrogens (tertiary/aromatic N) is 17. The third-order valence-electron chi connectivity index (χ3n) is 28.2. The lowest BCUT2D eigenvalue weighted by Crippen LogP contribution is -2.82. The van der Waals surface area contributed by atoms with E-state index in [-0.39, 0.29) is 128 Å². The number of hydrogen-bond acceptors (Lipinski definition) is 16. The van der Waals surface area contributed by atoms with Crippen molar-refractivity contribution in [3.63, 3.8) is 0 Å². The zero-order chi connectivity index (χ0) is 113. The van der Waals surface area contributed by atoms with Crippen LogP contribution >= 0.6 is 0 Å². The molecule has 11 aliphatic heterocycles. The van der Waals surface area contributed by atoms with E-state index in [1.807, 2.05) is 108 Å². The van der Waals surface area contributed by atoms with Gasteiger partial charge < -0.3 is 38.4 Å². The number of carbonyl (C=O) groups is 10. The van der Waals surface area contributed by atoms with Gasteiger partial charge in [0.05, 0.1) is 43.9 Å². The SMILES string of the molecule is CC(C)(C)C(=O)N1CC(=O)N(C(C)(C)C)C(=O)C1.CC(C)(C)C1CCN(C(C)(C)C)CC1.CC(C)(C)CN1CC(=O)N(CC(C)(C)C)C1.CC(C)(C)CN1CC(=O)N(CC(C)(C)C)C1=O.CC(C)(C)CN1CCN(CC(C)(C)C)C(=O)C1.CC(C)(C)CN1CCN(CC(C)(C)C)C1=O.CC(C)(C)N1CC(=O)N(C(C)(C)C)C(=O)C1.CC(C)(C)N1CCN(C(C)(C)C)CC1.CC(C)(C)[N+]12CC[N+](C(C)(C)C)(CC1)CC2. The van der Waals surface area contributed by atoms with Gasteiger partial charge in [-0.05, 0) is 247 Å². The fourth-order valence-electron chi connectivity index (χ4n) is 20.7. The highest BCUT2D eigenvalue weighted by Crippen LogP contribution is 2.41. The van der Waals surface area contributed by atoms with Crippen LogP contribution in [0.25, 0.3) is 0 Å². The minimum atomic E-state index is -0.579. The number of amides is 12. The lowest BCUT2D eigenvalue weighted by Gasteiger charge is -2.63. The molecule has 0 aromatic carbocycles. The monoisotopic (exact) mass is 2030 g/mol. The summed E-state index contributed by atoms with van der Waals surface area (Å²) in [7, 11) is 0. The van der Waals surface area contributed by atoms with Gasteiger partial charge in [-0.15, -0.1) is 0 Å². The molecule has 11 aliphatic rings. The van der Waals surface area contributed by atoms with Gasteiger partial charge >= 0.3 is 12.1 Å². The van der Waals surface area contributed by atoms with Crippen LogP contribution in [0.3, 0.4) is 0 Å². The Morgan fingerprint density at radius 1 is 0.243 bits per heavy atom. The topological polar surface area (TPSA) is 219 Å². The molecule has 0 saturated carbocycles. The van der Waals surface area contributed by atoms with Gasteiger partial charge in [-0.2, -0.15) is 0 Å². The van der Waals surface area contributed by atoms with Crippen LogP contribution in [0.1, 0.15) is 387 Å².